The van der Waals surface area contributed by atoms with Crippen molar-refractivity contribution in [1.29, 1.82) is 0 Å². The molecule has 7 nitrogen and oxygen atoms in total. The maximum Gasteiger partial charge on any atom is 0.342 e. The van der Waals surface area contributed by atoms with Crippen LogP contribution < -0.4 is 10.6 Å². The molecule has 2 amide bonds. The lowest BCUT2D eigenvalue weighted by molar-refractivity contribution is 0.102. The third kappa shape index (κ3) is 4.60. The van der Waals surface area contributed by atoms with Gasteiger partial charge in [-0.15, -0.1) is 0 Å². The number of amides is 2. The van der Waals surface area contributed by atoms with E-state index in [1.165, 1.54) is 10.7 Å². The molecule has 1 aromatic heterocycles. The van der Waals surface area contributed by atoms with Crippen LogP contribution in [0.25, 0.3) is 11.3 Å². The molecule has 1 aliphatic rings. The minimum Gasteiger partial charge on any atom is -0.507 e. The quantitative estimate of drug-likeness (QED) is 0.542. The van der Waals surface area contributed by atoms with E-state index >= 15 is 0 Å². The molecule has 0 aliphatic heterocycles. The monoisotopic (exact) mass is 418 g/mol. The fraction of sp³-hybridized carbons (Fsp3) is 0.292. The van der Waals surface area contributed by atoms with Crippen molar-refractivity contribution in [3.8, 4) is 17.0 Å². The van der Waals surface area contributed by atoms with E-state index in [0.717, 1.165) is 30.5 Å². The third-order valence-electron chi connectivity index (χ3n) is 5.30. The Morgan fingerprint density at radius 1 is 1.13 bits per heavy atom. The number of hydrogen-bond donors (Lipinski definition) is 3. The van der Waals surface area contributed by atoms with Crippen LogP contribution in [0.2, 0.25) is 0 Å². The summed E-state index contributed by atoms with van der Waals surface area (Å²) in [4.78, 5) is 24.9. The van der Waals surface area contributed by atoms with Crippen LogP contribution in [0.3, 0.4) is 0 Å². The topological polar surface area (TPSA) is 96.3 Å². The van der Waals surface area contributed by atoms with Gasteiger partial charge in [-0.25, -0.2) is 4.79 Å². The molecule has 3 N–H and O–H groups in total. The van der Waals surface area contributed by atoms with Gasteiger partial charge in [0.05, 0.1) is 11.4 Å². The van der Waals surface area contributed by atoms with E-state index in [-0.39, 0.29) is 17.7 Å². The zero-order valence-corrected chi connectivity index (χ0v) is 17.7. The van der Waals surface area contributed by atoms with Crippen molar-refractivity contribution in [2.75, 3.05) is 11.9 Å². The molecule has 1 saturated carbocycles. The van der Waals surface area contributed by atoms with Gasteiger partial charge >= 0.3 is 6.03 Å². The van der Waals surface area contributed by atoms with Gasteiger partial charge in [-0.2, -0.15) is 9.78 Å². The number of rotatable bonds is 6. The van der Waals surface area contributed by atoms with Crippen molar-refractivity contribution in [3.63, 3.8) is 0 Å². The summed E-state index contributed by atoms with van der Waals surface area (Å²) in [5.74, 6) is 0.0616. The lowest BCUT2D eigenvalue weighted by atomic mass is 10.1. The van der Waals surface area contributed by atoms with Crippen LogP contribution in [-0.4, -0.2) is 33.4 Å². The molecule has 0 unspecified atom stereocenters. The number of aryl methyl sites for hydroxylation is 1. The minimum absolute atomic E-state index is 0.0114. The van der Waals surface area contributed by atoms with E-state index in [2.05, 4.69) is 15.7 Å². The Morgan fingerprint density at radius 2 is 1.87 bits per heavy atom. The van der Waals surface area contributed by atoms with Crippen LogP contribution in [0.15, 0.2) is 48.5 Å². The summed E-state index contributed by atoms with van der Waals surface area (Å²) in [6, 6.07) is 13.8. The molecule has 0 atom stereocenters. The first-order chi connectivity index (χ1) is 15.0. The third-order valence-corrected chi connectivity index (χ3v) is 5.30. The number of nitrogens with one attached hydrogen (secondary N) is 2. The predicted octanol–water partition coefficient (Wildman–Crippen LogP) is 4.66. The molecule has 0 radical (unpaired) electrons. The van der Waals surface area contributed by atoms with Crippen molar-refractivity contribution in [3.05, 3.63) is 65.4 Å². The highest BCUT2D eigenvalue weighted by atomic mass is 16.3. The van der Waals surface area contributed by atoms with Gasteiger partial charge < -0.3 is 15.7 Å². The summed E-state index contributed by atoms with van der Waals surface area (Å²) < 4.78 is 1.41. The van der Waals surface area contributed by atoms with E-state index in [0.29, 0.717) is 35.0 Å². The zero-order valence-electron chi connectivity index (χ0n) is 17.7. The first kappa shape index (κ1) is 20.7. The van der Waals surface area contributed by atoms with Gasteiger partial charge in [0, 0.05) is 35.3 Å². The molecule has 0 saturated heterocycles. The Hall–Kier alpha value is -3.61. The molecule has 0 spiro atoms. The molecule has 3 aromatic rings. The summed E-state index contributed by atoms with van der Waals surface area (Å²) in [5, 5.41) is 20.7. The van der Waals surface area contributed by atoms with Gasteiger partial charge in [0.1, 0.15) is 5.75 Å². The summed E-state index contributed by atoms with van der Waals surface area (Å²) in [6.07, 6.45) is 2.90. The Labute approximate surface area is 181 Å². The van der Waals surface area contributed by atoms with Crippen LogP contribution in [0, 0.1) is 6.92 Å². The molecule has 7 heteroatoms. The zero-order chi connectivity index (χ0) is 22.0. The summed E-state index contributed by atoms with van der Waals surface area (Å²) in [7, 11) is 0. The second-order valence-corrected chi connectivity index (χ2v) is 7.92. The van der Waals surface area contributed by atoms with E-state index in [4.69, 9.17) is 0 Å². The molecule has 1 aliphatic carbocycles. The summed E-state index contributed by atoms with van der Waals surface area (Å²) in [6.45, 7) is 4.54. The number of hydrogen-bond acceptors (Lipinski definition) is 4. The van der Waals surface area contributed by atoms with Crippen molar-refractivity contribution >= 4 is 17.6 Å². The lowest BCUT2D eigenvalue weighted by Gasteiger charge is -2.08. The lowest BCUT2D eigenvalue weighted by Crippen LogP contribution is -2.31. The van der Waals surface area contributed by atoms with Gasteiger partial charge in [-0.05, 0) is 56.5 Å². The second-order valence-electron chi connectivity index (χ2n) is 7.92. The Morgan fingerprint density at radius 3 is 2.52 bits per heavy atom. The highest BCUT2D eigenvalue weighted by Gasteiger charge is 2.30. The number of phenolic OH excluding ortho intramolecular Hbond substituents is 1. The maximum absolute atomic E-state index is 12.5. The summed E-state index contributed by atoms with van der Waals surface area (Å²) >= 11 is 0. The maximum atomic E-state index is 12.5. The Bertz CT molecular complexity index is 1110. The van der Waals surface area contributed by atoms with Crippen LogP contribution >= 0.6 is 0 Å². The largest absolute Gasteiger partial charge is 0.507 e. The average Bonchev–Trinajstić information content (AvgIpc) is 3.51. The van der Waals surface area contributed by atoms with Gasteiger partial charge in [0.2, 0.25) is 0 Å². The van der Waals surface area contributed by atoms with E-state index in [9.17, 15) is 14.7 Å². The Kier molecular flexibility index (Phi) is 5.75. The normalized spacial score (nSPS) is 13.1. The molecule has 4 rings (SSSR count). The van der Waals surface area contributed by atoms with Crippen molar-refractivity contribution in [2.45, 2.75) is 39.0 Å². The Balaban J connectivity index is 1.56. The number of benzene rings is 2. The molecule has 0 bridgehead atoms. The standard InChI is InChI=1S/C24H26N4O3/c1-3-12-25-24(31)28-21(16-8-9-16)14-20(27-28)19-11-10-18(13-22(19)29)26-23(30)17-6-4-15(2)5-7-17/h4-7,10-11,13-14,16,29H,3,8-9,12H2,1-2H3,(H,25,31)(H,26,30). The van der Waals surface area contributed by atoms with E-state index < -0.39 is 0 Å². The van der Waals surface area contributed by atoms with Gasteiger partial charge in [-0.3, -0.25) is 4.79 Å². The molecular weight excluding hydrogens is 392 g/mol. The molecular formula is C24H26N4O3. The first-order valence-electron chi connectivity index (χ1n) is 10.6. The van der Waals surface area contributed by atoms with Crippen LogP contribution in [-0.2, 0) is 0 Å². The second kappa shape index (κ2) is 8.63. The SMILES string of the molecule is CCCNC(=O)n1nc(-c2ccc(NC(=O)c3ccc(C)cc3)cc2O)cc1C1CC1. The van der Waals surface area contributed by atoms with Crippen LogP contribution in [0.5, 0.6) is 5.75 Å². The number of nitrogens with zero attached hydrogens (tertiary/aromatic N) is 2. The number of phenols is 1. The van der Waals surface area contributed by atoms with E-state index in [1.807, 2.05) is 32.0 Å². The molecule has 31 heavy (non-hydrogen) atoms. The summed E-state index contributed by atoms with van der Waals surface area (Å²) in [5.41, 5.74) is 4.00. The average molecular weight is 418 g/mol. The molecule has 1 heterocycles. The number of anilines is 1. The molecule has 160 valence electrons. The predicted molar refractivity (Wildman–Crippen MR) is 120 cm³/mol. The smallest absolute Gasteiger partial charge is 0.342 e. The molecule has 2 aromatic carbocycles. The number of aromatic nitrogens is 2. The van der Waals surface area contributed by atoms with Crippen LogP contribution in [0.4, 0.5) is 10.5 Å². The number of aromatic hydroxyl groups is 1. The highest BCUT2D eigenvalue weighted by Crippen LogP contribution is 2.42. The fourth-order valence-electron chi connectivity index (χ4n) is 3.40. The minimum atomic E-state index is -0.253. The number of carbonyl (C=O) groups excluding carboxylic acids is 2. The fourth-order valence-corrected chi connectivity index (χ4v) is 3.40. The van der Waals surface area contributed by atoms with Crippen molar-refractivity contribution in [2.24, 2.45) is 0 Å². The number of carbonyl (C=O) groups is 2. The van der Waals surface area contributed by atoms with Gasteiger partial charge in [-0.1, -0.05) is 24.6 Å². The first-order valence-corrected chi connectivity index (χ1v) is 10.6. The van der Waals surface area contributed by atoms with Gasteiger partial charge in [0.15, 0.2) is 0 Å². The van der Waals surface area contributed by atoms with Crippen molar-refractivity contribution < 1.29 is 14.7 Å². The molecule has 1 fully saturated rings. The van der Waals surface area contributed by atoms with Gasteiger partial charge in [0.25, 0.3) is 5.91 Å². The van der Waals surface area contributed by atoms with Crippen LogP contribution in [0.1, 0.15) is 53.7 Å². The highest BCUT2D eigenvalue weighted by molar-refractivity contribution is 6.04. The van der Waals surface area contributed by atoms with E-state index in [1.54, 1.807) is 24.3 Å². The van der Waals surface area contributed by atoms with Crippen molar-refractivity contribution in [1.82, 2.24) is 15.1 Å².